The Hall–Kier alpha value is 0.210. The molecule has 7 aliphatic rings. The van der Waals surface area contributed by atoms with Crippen LogP contribution in [-0.2, 0) is 27.1 Å². The lowest BCUT2D eigenvalue weighted by Crippen LogP contribution is -2.29. The van der Waals surface area contributed by atoms with Gasteiger partial charge in [-0.05, 0) is 154 Å². The Balaban J connectivity index is 1.38. The number of hydrogen-bond acceptors (Lipinski definition) is 15. The van der Waals surface area contributed by atoms with Crippen LogP contribution in [0, 0.1) is 0 Å². The van der Waals surface area contributed by atoms with Crippen LogP contribution in [0.2, 0.25) is 0 Å². The van der Waals surface area contributed by atoms with Gasteiger partial charge in [-0.15, -0.1) is 13.5 Å². The van der Waals surface area contributed by atoms with Crippen LogP contribution in [0.3, 0.4) is 0 Å². The van der Waals surface area contributed by atoms with Crippen LogP contribution >= 0.6 is 23.0 Å². The molecule has 54 heavy (non-hydrogen) atoms. The lowest BCUT2D eigenvalue weighted by molar-refractivity contribution is 0.0292. The Labute approximate surface area is 321 Å². The Kier molecular flexibility index (Phi) is 15.0. The Morgan fingerprint density at radius 3 is 0.500 bits per heavy atom. The van der Waals surface area contributed by atoms with Gasteiger partial charge in [-0.2, -0.15) is 0 Å². The maximum Gasteiger partial charge on any atom is 0.349 e. The van der Waals surface area contributed by atoms with E-state index in [9.17, 15) is 30.6 Å². The molecule has 6 saturated carbocycles. The second-order valence-corrected chi connectivity index (χ2v) is 23.3. The van der Waals surface area contributed by atoms with Crippen LogP contribution in [0.5, 0.6) is 0 Å². The summed E-state index contributed by atoms with van der Waals surface area (Å²) >= 11 is 0. The number of aliphatic hydroxyl groups is 6. The van der Waals surface area contributed by atoms with Crippen molar-refractivity contribution in [2.24, 2.45) is 13.5 Å². The first-order chi connectivity index (χ1) is 26.0. The van der Waals surface area contributed by atoms with Gasteiger partial charge in [0, 0.05) is 0 Å². The van der Waals surface area contributed by atoms with E-state index in [0.29, 0.717) is 154 Å². The van der Waals surface area contributed by atoms with E-state index < -0.39 is 59.6 Å². The van der Waals surface area contributed by atoms with E-state index in [2.05, 4.69) is 0 Å². The van der Waals surface area contributed by atoms with Crippen LogP contribution in [0.15, 0.2) is 13.5 Å². The third-order valence-electron chi connectivity index (χ3n) is 12.3. The second kappa shape index (κ2) is 19.1. The maximum absolute atomic E-state index is 10.4. The molecule has 7 rings (SSSR count). The summed E-state index contributed by atoms with van der Waals surface area (Å²) in [5.41, 5.74) is 0. The largest absolute Gasteiger partial charge is 0.393 e. The molecule has 15 nitrogen and oxygen atoms in total. The van der Waals surface area contributed by atoms with Gasteiger partial charge in [0.1, 0.15) is 0 Å². The molecule has 6 N–H and O–H groups in total. The molecule has 0 saturated heterocycles. The molecule has 0 atom stereocenters. The molecule has 6 aliphatic carbocycles. The van der Waals surface area contributed by atoms with E-state index in [1.54, 1.807) is 0 Å². The molecular formula is C36H66N3O12P3. The van der Waals surface area contributed by atoms with Gasteiger partial charge in [-0.1, -0.05) is 0 Å². The zero-order valence-corrected chi connectivity index (χ0v) is 34.4. The summed E-state index contributed by atoms with van der Waals surface area (Å²) < 4.78 is 59.1. The molecule has 0 bridgehead atoms. The minimum atomic E-state index is -3.73. The summed E-state index contributed by atoms with van der Waals surface area (Å²) in [5, 5.41) is 62.7. The van der Waals surface area contributed by atoms with Crippen molar-refractivity contribution in [3.05, 3.63) is 0 Å². The highest BCUT2D eigenvalue weighted by atomic mass is 31.3. The van der Waals surface area contributed by atoms with Gasteiger partial charge in [0.15, 0.2) is 0 Å². The molecule has 0 radical (unpaired) electrons. The molecule has 0 amide bonds. The van der Waals surface area contributed by atoms with Crippen molar-refractivity contribution in [2.45, 2.75) is 227 Å². The predicted molar refractivity (Wildman–Crippen MR) is 204 cm³/mol. The van der Waals surface area contributed by atoms with Crippen molar-refractivity contribution in [1.82, 2.24) is 0 Å². The zero-order valence-electron chi connectivity index (χ0n) is 31.7. The normalized spacial score (nSPS) is 47.9. The Morgan fingerprint density at radius 2 is 0.370 bits per heavy atom. The predicted octanol–water partition coefficient (Wildman–Crippen LogP) is 7.76. The van der Waals surface area contributed by atoms with E-state index in [1.807, 2.05) is 0 Å². The van der Waals surface area contributed by atoms with E-state index >= 15 is 0 Å². The quantitative estimate of drug-likeness (QED) is 0.104. The highest BCUT2D eigenvalue weighted by Crippen LogP contribution is 2.82. The first-order valence-electron chi connectivity index (χ1n) is 21.1. The lowest BCUT2D eigenvalue weighted by Gasteiger charge is -2.42. The highest BCUT2D eigenvalue weighted by molar-refractivity contribution is 7.78. The summed E-state index contributed by atoms with van der Waals surface area (Å²) in [6.45, 7) is 0. The van der Waals surface area contributed by atoms with E-state index in [4.69, 9.17) is 40.7 Å². The number of rotatable bonds is 12. The highest BCUT2D eigenvalue weighted by Gasteiger charge is 2.50. The Bertz CT molecular complexity index is 1100. The molecule has 1 aliphatic heterocycles. The number of nitrogens with zero attached hydrogens (tertiary/aromatic N) is 3. The number of hydrogen-bond donors (Lipinski definition) is 6. The average Bonchev–Trinajstić information content (AvgIpc) is 3.14. The van der Waals surface area contributed by atoms with Gasteiger partial charge in [0.05, 0.1) is 73.2 Å². The van der Waals surface area contributed by atoms with E-state index in [0.717, 1.165) is 0 Å². The maximum atomic E-state index is 10.4. The molecule has 0 aromatic carbocycles. The summed E-state index contributed by atoms with van der Waals surface area (Å²) in [4.78, 5) is 0. The van der Waals surface area contributed by atoms with Crippen molar-refractivity contribution < 1.29 is 57.8 Å². The van der Waals surface area contributed by atoms with Crippen LogP contribution in [0.1, 0.15) is 154 Å². The SMILES string of the molecule is OC1CCC(OP2(OC3CCC(O)CC3)=NP(OC3CCC(O)CC3)(OC3CCC(O)CC3)=NP(OC3CCC(O)CC3)(OC3CCC(O)CC3)=N2)CC1. The first kappa shape index (κ1) is 42.3. The second-order valence-electron chi connectivity index (χ2n) is 17.0. The minimum absolute atomic E-state index is 0.311. The fourth-order valence-electron chi connectivity index (χ4n) is 8.88. The van der Waals surface area contributed by atoms with E-state index in [-0.39, 0.29) is 36.6 Å². The third kappa shape index (κ3) is 11.7. The molecule has 0 spiro atoms. The standard InChI is InChI=1S/C36H66N3O12P3/c40-25-1-13-31(14-2-25)46-52(47-32-15-3-26(41)4-16-32)37-53(48-33-17-5-27(42)6-18-33,49-34-19-7-28(43)8-20-34)39-54(38-52,50-35-21-9-29(44)10-22-35)51-36-23-11-30(45)12-24-36/h25-36,40-45H,1-24H2. The topological polar surface area (TPSA) is 214 Å². The lowest BCUT2D eigenvalue weighted by atomic mass is 9.95. The monoisotopic (exact) mass is 825 g/mol. The van der Waals surface area contributed by atoms with E-state index in [1.165, 1.54) is 0 Å². The average molecular weight is 826 g/mol. The third-order valence-corrected chi connectivity index (χ3v) is 21.1. The number of aliphatic hydroxyl groups excluding tert-OH is 6. The molecule has 18 heteroatoms. The van der Waals surface area contributed by atoms with Gasteiger partial charge in [0.2, 0.25) is 0 Å². The summed E-state index contributed by atoms with van der Waals surface area (Å²) in [7, 11) is -11.2. The molecule has 0 aromatic rings. The van der Waals surface area contributed by atoms with Gasteiger partial charge >= 0.3 is 23.0 Å². The molecule has 0 unspecified atom stereocenters. The van der Waals surface area contributed by atoms with Crippen LogP contribution in [0.4, 0.5) is 0 Å². The molecule has 0 aromatic heterocycles. The van der Waals surface area contributed by atoms with Crippen molar-refractivity contribution in [3.8, 4) is 0 Å². The fourth-order valence-corrected chi connectivity index (χ4v) is 19.5. The van der Waals surface area contributed by atoms with Crippen molar-refractivity contribution in [1.29, 1.82) is 0 Å². The molecule has 312 valence electrons. The fraction of sp³-hybridized carbons (Fsp3) is 1.00. The smallest absolute Gasteiger partial charge is 0.349 e. The summed E-state index contributed by atoms with van der Waals surface area (Å²) in [6.07, 6.45) is 9.82. The van der Waals surface area contributed by atoms with Gasteiger partial charge in [0.25, 0.3) is 0 Å². The molecule has 6 fully saturated rings. The van der Waals surface area contributed by atoms with Crippen LogP contribution in [-0.4, -0.2) is 104 Å². The summed E-state index contributed by atoms with van der Waals surface area (Å²) in [5.74, 6) is 0. The Morgan fingerprint density at radius 1 is 0.241 bits per heavy atom. The van der Waals surface area contributed by atoms with Crippen LogP contribution < -0.4 is 0 Å². The van der Waals surface area contributed by atoms with Crippen molar-refractivity contribution in [3.63, 3.8) is 0 Å². The first-order valence-corrected chi connectivity index (χ1v) is 25.6. The summed E-state index contributed by atoms with van der Waals surface area (Å²) in [6, 6.07) is 0. The minimum Gasteiger partial charge on any atom is -0.393 e. The van der Waals surface area contributed by atoms with Crippen LogP contribution in [0.25, 0.3) is 0 Å². The van der Waals surface area contributed by atoms with Gasteiger partial charge < -0.3 is 57.8 Å². The van der Waals surface area contributed by atoms with Gasteiger partial charge in [-0.3, -0.25) is 0 Å². The molecule has 1 heterocycles. The van der Waals surface area contributed by atoms with Crippen molar-refractivity contribution >= 4 is 23.0 Å². The molecular weight excluding hydrogens is 759 g/mol. The van der Waals surface area contributed by atoms with Gasteiger partial charge in [-0.25, -0.2) is 0 Å². The zero-order chi connectivity index (χ0) is 37.8. The van der Waals surface area contributed by atoms with Crippen molar-refractivity contribution in [2.75, 3.05) is 0 Å².